The molecule has 0 aromatic heterocycles. The average molecular weight is 311 g/mol. The summed E-state index contributed by atoms with van der Waals surface area (Å²) in [6.07, 6.45) is 5.63. The normalized spacial score (nSPS) is 29.2. The maximum atomic E-state index is 5.87. The molecule has 3 nitrogen and oxygen atoms in total. The number of ether oxygens (including phenoxy) is 1. The lowest BCUT2D eigenvalue weighted by atomic mass is 10.1. The molecule has 1 atom stereocenters. The van der Waals surface area contributed by atoms with Gasteiger partial charge in [0.15, 0.2) is 0 Å². The lowest BCUT2D eigenvalue weighted by molar-refractivity contribution is -0.0147. The van der Waals surface area contributed by atoms with Gasteiger partial charge in [-0.05, 0) is 25.3 Å². The summed E-state index contributed by atoms with van der Waals surface area (Å²) in [6, 6.07) is 1.05. The third-order valence-corrected chi connectivity index (χ3v) is 8.78. The highest BCUT2D eigenvalue weighted by Crippen LogP contribution is 2.42. The molecule has 1 fully saturated rings. The van der Waals surface area contributed by atoms with Crippen molar-refractivity contribution in [1.29, 1.82) is 0 Å². The van der Waals surface area contributed by atoms with Crippen molar-refractivity contribution >= 4 is 24.5 Å². The smallest absolute Gasteiger partial charge is 0.370 e. The summed E-state index contributed by atoms with van der Waals surface area (Å²) in [4.78, 5) is 0. The number of alkyl halides is 1. The predicted molar refractivity (Wildman–Crippen MR) is 71.2 cm³/mol. The molecule has 1 rings (SSSR count). The molecule has 1 aliphatic heterocycles. The van der Waals surface area contributed by atoms with E-state index >= 15 is 0 Å². The molecule has 0 spiro atoms. The summed E-state index contributed by atoms with van der Waals surface area (Å²) in [5.41, 5.74) is 0. The van der Waals surface area contributed by atoms with E-state index < -0.39 is 8.56 Å². The Morgan fingerprint density at radius 2 is 1.88 bits per heavy atom. The van der Waals surface area contributed by atoms with E-state index in [1.54, 1.807) is 21.3 Å². The molecule has 1 heterocycles. The van der Waals surface area contributed by atoms with Crippen molar-refractivity contribution in [3.8, 4) is 0 Å². The van der Waals surface area contributed by atoms with Gasteiger partial charge in [-0.1, -0.05) is 28.8 Å². The largest absolute Gasteiger partial charge is 0.396 e. The fraction of sp³-hybridized carbons (Fsp3) is 1.00. The Labute approximate surface area is 108 Å². The van der Waals surface area contributed by atoms with E-state index in [9.17, 15) is 0 Å². The number of methoxy groups -OCH3 is 1. The van der Waals surface area contributed by atoms with Crippen LogP contribution in [0.5, 0.6) is 0 Å². The molecule has 0 aromatic rings. The molecule has 1 saturated heterocycles. The van der Waals surface area contributed by atoms with Crippen LogP contribution in [0.3, 0.4) is 0 Å². The zero-order valence-electron chi connectivity index (χ0n) is 10.6. The van der Waals surface area contributed by atoms with Crippen molar-refractivity contribution in [3.63, 3.8) is 0 Å². The van der Waals surface area contributed by atoms with Gasteiger partial charge in [-0.2, -0.15) is 0 Å². The zero-order chi connectivity index (χ0) is 12.1. The Hall–Kier alpha value is 0.577. The highest BCUT2D eigenvalue weighted by molar-refractivity contribution is 9.09. The van der Waals surface area contributed by atoms with Crippen molar-refractivity contribution in [2.45, 2.75) is 43.4 Å². The number of hydrogen-bond donors (Lipinski definition) is 0. The first-order valence-corrected chi connectivity index (χ1v) is 9.06. The Kier molecular flexibility index (Phi) is 5.94. The van der Waals surface area contributed by atoms with Gasteiger partial charge in [0.1, 0.15) is 5.22 Å². The van der Waals surface area contributed by atoms with Crippen molar-refractivity contribution in [2.24, 2.45) is 0 Å². The predicted octanol–water partition coefficient (Wildman–Crippen LogP) is 3.00. The van der Waals surface area contributed by atoms with E-state index in [2.05, 4.69) is 15.9 Å². The van der Waals surface area contributed by atoms with E-state index in [4.69, 9.17) is 13.6 Å². The van der Waals surface area contributed by atoms with Crippen LogP contribution in [0.2, 0.25) is 6.04 Å². The van der Waals surface area contributed by atoms with E-state index in [-0.39, 0.29) is 5.22 Å². The van der Waals surface area contributed by atoms with E-state index in [1.165, 1.54) is 12.8 Å². The van der Waals surface area contributed by atoms with Crippen LogP contribution in [0, 0.1) is 0 Å². The van der Waals surface area contributed by atoms with Crippen LogP contribution in [0.1, 0.15) is 32.1 Å². The molecule has 1 aliphatic rings. The van der Waals surface area contributed by atoms with E-state index in [0.29, 0.717) is 0 Å². The second kappa shape index (κ2) is 6.49. The molecule has 0 radical (unpaired) electrons. The van der Waals surface area contributed by atoms with Gasteiger partial charge in [0.2, 0.25) is 0 Å². The fourth-order valence-electron chi connectivity index (χ4n) is 2.87. The van der Waals surface area contributed by atoms with Gasteiger partial charge >= 0.3 is 8.56 Å². The number of rotatable bonds is 6. The second-order valence-corrected chi connectivity index (χ2v) is 8.89. The summed E-state index contributed by atoms with van der Waals surface area (Å²) >= 11 is 3.49. The van der Waals surface area contributed by atoms with Crippen molar-refractivity contribution in [2.75, 3.05) is 26.7 Å². The van der Waals surface area contributed by atoms with Crippen LogP contribution in [0.15, 0.2) is 0 Å². The van der Waals surface area contributed by atoms with Crippen LogP contribution in [-0.2, 0) is 13.6 Å². The summed E-state index contributed by atoms with van der Waals surface area (Å²) in [5, 5.41) is 0.860. The van der Waals surface area contributed by atoms with Gasteiger partial charge in [0, 0.05) is 26.7 Å². The summed E-state index contributed by atoms with van der Waals surface area (Å²) < 4.78 is 17.5. The third kappa shape index (κ3) is 2.53. The van der Waals surface area contributed by atoms with Crippen molar-refractivity contribution in [3.05, 3.63) is 0 Å². The van der Waals surface area contributed by atoms with E-state index in [1.807, 2.05) is 0 Å². The molecular weight excluding hydrogens is 288 g/mol. The number of halogens is 1. The second-order valence-electron chi connectivity index (χ2n) is 4.36. The lowest BCUT2D eigenvalue weighted by Gasteiger charge is -2.48. The molecule has 0 aliphatic carbocycles. The van der Waals surface area contributed by atoms with Gasteiger partial charge in [0.25, 0.3) is 0 Å². The van der Waals surface area contributed by atoms with Gasteiger partial charge in [-0.25, -0.2) is 0 Å². The summed E-state index contributed by atoms with van der Waals surface area (Å²) in [5.74, 6) is 0. The van der Waals surface area contributed by atoms with Crippen LogP contribution >= 0.6 is 15.9 Å². The minimum Gasteiger partial charge on any atom is -0.396 e. The molecule has 0 saturated carbocycles. The first kappa shape index (κ1) is 14.6. The van der Waals surface area contributed by atoms with Crippen LogP contribution in [-0.4, -0.2) is 40.4 Å². The zero-order valence-corrected chi connectivity index (χ0v) is 13.1. The molecule has 1 unspecified atom stereocenters. The average Bonchev–Trinajstić information content (AvgIpc) is 2.36. The lowest BCUT2D eigenvalue weighted by Crippen LogP contribution is -2.64. The van der Waals surface area contributed by atoms with Crippen molar-refractivity contribution < 1.29 is 13.6 Å². The van der Waals surface area contributed by atoms with Crippen LogP contribution < -0.4 is 0 Å². The first-order chi connectivity index (χ1) is 7.70. The van der Waals surface area contributed by atoms with E-state index in [0.717, 1.165) is 30.6 Å². The molecule has 0 N–H and O–H groups in total. The first-order valence-electron chi connectivity index (χ1n) is 5.92. The summed E-state index contributed by atoms with van der Waals surface area (Å²) in [6.45, 7) is 0. The molecule has 0 aromatic carbocycles. The minimum atomic E-state index is -2.19. The topological polar surface area (TPSA) is 27.7 Å². The Balaban J connectivity index is 2.90. The molecule has 0 bridgehead atoms. The van der Waals surface area contributed by atoms with Gasteiger partial charge in [-0.15, -0.1) is 0 Å². The Morgan fingerprint density at radius 3 is 2.38 bits per heavy atom. The quantitative estimate of drug-likeness (QED) is 0.557. The van der Waals surface area contributed by atoms with Crippen molar-refractivity contribution in [1.82, 2.24) is 0 Å². The van der Waals surface area contributed by atoms with Crippen LogP contribution in [0.25, 0.3) is 0 Å². The van der Waals surface area contributed by atoms with Gasteiger partial charge in [0.05, 0.1) is 0 Å². The highest BCUT2D eigenvalue weighted by atomic mass is 79.9. The molecule has 0 amide bonds. The fourth-order valence-corrected chi connectivity index (χ4v) is 7.07. The SMILES string of the molecule is COC1(CCCBr)CCCC[Si]1(OC)OC. The molecule has 5 heteroatoms. The minimum absolute atomic E-state index is 0.150. The highest BCUT2D eigenvalue weighted by Gasteiger charge is 2.58. The number of hydrogen-bond acceptors (Lipinski definition) is 3. The third-order valence-electron chi connectivity index (χ3n) is 3.80. The molecule has 96 valence electrons. The van der Waals surface area contributed by atoms with Gasteiger partial charge in [-0.3, -0.25) is 0 Å². The maximum absolute atomic E-state index is 5.87. The molecule has 16 heavy (non-hydrogen) atoms. The Morgan fingerprint density at radius 1 is 1.19 bits per heavy atom. The van der Waals surface area contributed by atoms with Crippen LogP contribution in [0.4, 0.5) is 0 Å². The maximum Gasteiger partial charge on any atom is 0.370 e. The standard InChI is InChI=1S/C11H23BrO3Si/c1-13-11(8-6-9-12)7-4-5-10-16(11,14-2)15-3/h4-10H2,1-3H3. The van der Waals surface area contributed by atoms with Gasteiger partial charge < -0.3 is 13.6 Å². The molecular formula is C11H23BrO3Si. The summed E-state index contributed by atoms with van der Waals surface area (Å²) in [7, 11) is 3.18. The monoisotopic (exact) mass is 310 g/mol. The Bertz CT molecular complexity index is 211.